The minimum atomic E-state index is 0.268. The second-order valence-corrected chi connectivity index (χ2v) is 8.22. The van der Waals surface area contributed by atoms with Gasteiger partial charge >= 0.3 is 0 Å². The van der Waals surface area contributed by atoms with Gasteiger partial charge in [0.05, 0.1) is 0 Å². The molecule has 0 aliphatic heterocycles. The first kappa shape index (κ1) is 23.5. The van der Waals surface area contributed by atoms with Gasteiger partial charge < -0.3 is 10.0 Å². The van der Waals surface area contributed by atoms with E-state index < -0.39 is 0 Å². The van der Waals surface area contributed by atoms with E-state index in [2.05, 4.69) is 74.2 Å². The average Bonchev–Trinajstić information content (AvgIpc) is 2.77. The maximum absolute atomic E-state index is 9.23. The van der Waals surface area contributed by atoms with Crippen LogP contribution in [0.3, 0.4) is 0 Å². The summed E-state index contributed by atoms with van der Waals surface area (Å²) in [6.45, 7) is 9.33. The summed E-state index contributed by atoms with van der Waals surface area (Å²) in [5.74, 6) is 0.477. The van der Waals surface area contributed by atoms with Crippen molar-refractivity contribution in [1.29, 1.82) is 0 Å². The molecule has 0 aliphatic rings. The highest BCUT2D eigenvalue weighted by Gasteiger charge is 2.09. The molecular formula is C27H41NO. The Morgan fingerprint density at radius 1 is 0.759 bits per heavy atom. The monoisotopic (exact) mass is 395 g/mol. The van der Waals surface area contributed by atoms with Gasteiger partial charge in [0.2, 0.25) is 0 Å². The lowest BCUT2D eigenvalue weighted by atomic mass is 9.92. The molecule has 2 nitrogen and oxygen atoms in total. The van der Waals surface area contributed by atoms with Crippen molar-refractivity contribution >= 4 is 5.69 Å². The molecule has 0 aromatic heterocycles. The highest BCUT2D eigenvalue weighted by Crippen LogP contribution is 2.24. The third-order valence-corrected chi connectivity index (χ3v) is 5.99. The van der Waals surface area contributed by atoms with E-state index in [4.69, 9.17) is 0 Å². The maximum atomic E-state index is 9.23. The van der Waals surface area contributed by atoms with E-state index in [0.717, 1.165) is 38.8 Å². The Kier molecular flexibility index (Phi) is 10.9. The Labute approximate surface area is 179 Å². The lowest BCUT2D eigenvalue weighted by Crippen LogP contribution is -2.25. The number of benzene rings is 2. The van der Waals surface area contributed by atoms with E-state index in [9.17, 15) is 5.11 Å². The number of aryl methyl sites for hydroxylation is 2. The standard InChI is InChI=1S/C27H41NO/c1-4-7-20-28(21-8-5-2)27-17-13-24(14-18-27)10-9-23-11-15-26(16-12-23)25(6-3)19-22-29/h11-18,25,29H,4-10,19-22H2,1-3H3. The Morgan fingerprint density at radius 2 is 1.28 bits per heavy atom. The molecule has 0 heterocycles. The summed E-state index contributed by atoms with van der Waals surface area (Å²) in [6.07, 6.45) is 9.12. The van der Waals surface area contributed by atoms with E-state index >= 15 is 0 Å². The van der Waals surface area contributed by atoms with Gasteiger partial charge in [-0.25, -0.2) is 0 Å². The first-order valence-electron chi connectivity index (χ1n) is 11.7. The fourth-order valence-electron chi connectivity index (χ4n) is 3.95. The molecule has 1 N–H and O–H groups in total. The zero-order chi connectivity index (χ0) is 20.9. The SMILES string of the molecule is CCCCN(CCCC)c1ccc(CCc2ccc(C(CC)CCO)cc2)cc1. The quantitative estimate of drug-likeness (QED) is 0.382. The summed E-state index contributed by atoms with van der Waals surface area (Å²) in [6, 6.07) is 18.3. The number of hydrogen-bond donors (Lipinski definition) is 1. The van der Waals surface area contributed by atoms with Crippen molar-refractivity contribution in [2.45, 2.75) is 78.1 Å². The topological polar surface area (TPSA) is 23.5 Å². The molecule has 160 valence electrons. The number of anilines is 1. The Bertz CT molecular complexity index is 654. The maximum Gasteiger partial charge on any atom is 0.0436 e. The third kappa shape index (κ3) is 7.85. The van der Waals surface area contributed by atoms with Crippen LogP contribution in [0.2, 0.25) is 0 Å². The first-order chi connectivity index (χ1) is 14.2. The molecule has 0 amide bonds. The summed E-state index contributed by atoms with van der Waals surface area (Å²) in [4.78, 5) is 2.55. The van der Waals surface area contributed by atoms with Gasteiger partial charge in [-0.1, -0.05) is 70.0 Å². The molecule has 0 aliphatic carbocycles. The van der Waals surface area contributed by atoms with Gasteiger partial charge in [0.1, 0.15) is 0 Å². The summed E-state index contributed by atoms with van der Waals surface area (Å²) in [5.41, 5.74) is 5.53. The van der Waals surface area contributed by atoms with Crippen LogP contribution < -0.4 is 4.90 Å². The van der Waals surface area contributed by atoms with Crippen molar-refractivity contribution in [3.8, 4) is 0 Å². The normalized spacial score (nSPS) is 12.1. The van der Waals surface area contributed by atoms with Gasteiger partial charge in [-0.2, -0.15) is 0 Å². The van der Waals surface area contributed by atoms with Crippen LogP contribution in [0.25, 0.3) is 0 Å². The van der Waals surface area contributed by atoms with Crippen LogP contribution in [-0.4, -0.2) is 24.8 Å². The molecule has 1 atom stereocenters. The largest absolute Gasteiger partial charge is 0.396 e. The van der Waals surface area contributed by atoms with Crippen molar-refractivity contribution in [2.24, 2.45) is 0 Å². The molecule has 0 radical (unpaired) electrons. The van der Waals surface area contributed by atoms with Gasteiger partial charge in [-0.15, -0.1) is 0 Å². The van der Waals surface area contributed by atoms with Gasteiger partial charge in [-0.05, 0) is 73.3 Å². The lowest BCUT2D eigenvalue weighted by Gasteiger charge is -2.25. The Hall–Kier alpha value is -1.80. The molecule has 0 fully saturated rings. The fraction of sp³-hybridized carbons (Fsp3) is 0.556. The van der Waals surface area contributed by atoms with Crippen LogP contribution >= 0.6 is 0 Å². The van der Waals surface area contributed by atoms with Crippen LogP contribution in [0.15, 0.2) is 48.5 Å². The molecule has 1 unspecified atom stereocenters. The summed E-state index contributed by atoms with van der Waals surface area (Å²) in [7, 11) is 0. The molecule has 29 heavy (non-hydrogen) atoms. The summed E-state index contributed by atoms with van der Waals surface area (Å²) >= 11 is 0. The first-order valence-corrected chi connectivity index (χ1v) is 11.7. The fourth-order valence-corrected chi connectivity index (χ4v) is 3.95. The van der Waals surface area contributed by atoms with Crippen LogP contribution in [0.4, 0.5) is 5.69 Å². The van der Waals surface area contributed by atoms with E-state index in [1.54, 1.807) is 0 Å². The predicted molar refractivity (Wildman–Crippen MR) is 127 cm³/mol. The molecule has 0 saturated heterocycles. The number of nitrogens with zero attached hydrogens (tertiary/aromatic N) is 1. The number of hydrogen-bond acceptors (Lipinski definition) is 2. The lowest BCUT2D eigenvalue weighted by molar-refractivity contribution is 0.274. The summed E-state index contributed by atoms with van der Waals surface area (Å²) < 4.78 is 0. The molecule has 0 spiro atoms. The van der Waals surface area contributed by atoms with E-state index in [1.807, 2.05) is 0 Å². The number of aliphatic hydroxyl groups is 1. The Morgan fingerprint density at radius 3 is 1.72 bits per heavy atom. The second kappa shape index (κ2) is 13.4. The van der Waals surface area contributed by atoms with Crippen LogP contribution in [0.1, 0.15) is 81.9 Å². The van der Waals surface area contributed by atoms with Crippen molar-refractivity contribution in [3.63, 3.8) is 0 Å². The number of aliphatic hydroxyl groups excluding tert-OH is 1. The Balaban J connectivity index is 1.92. The van der Waals surface area contributed by atoms with Crippen molar-refractivity contribution in [2.75, 3.05) is 24.6 Å². The van der Waals surface area contributed by atoms with E-state index in [-0.39, 0.29) is 6.61 Å². The van der Waals surface area contributed by atoms with E-state index in [0.29, 0.717) is 5.92 Å². The van der Waals surface area contributed by atoms with Gasteiger partial charge in [0, 0.05) is 25.4 Å². The molecule has 2 heteroatoms. The minimum Gasteiger partial charge on any atom is -0.396 e. The van der Waals surface area contributed by atoms with Crippen molar-refractivity contribution in [3.05, 3.63) is 65.2 Å². The van der Waals surface area contributed by atoms with E-state index in [1.165, 1.54) is 48.1 Å². The third-order valence-electron chi connectivity index (χ3n) is 5.99. The van der Waals surface area contributed by atoms with Crippen LogP contribution in [0, 0.1) is 0 Å². The highest BCUT2D eigenvalue weighted by molar-refractivity contribution is 5.47. The number of rotatable bonds is 14. The summed E-state index contributed by atoms with van der Waals surface area (Å²) in [5, 5.41) is 9.23. The average molecular weight is 396 g/mol. The van der Waals surface area contributed by atoms with Crippen LogP contribution in [0.5, 0.6) is 0 Å². The van der Waals surface area contributed by atoms with Crippen LogP contribution in [-0.2, 0) is 12.8 Å². The van der Waals surface area contributed by atoms with Crippen molar-refractivity contribution < 1.29 is 5.11 Å². The molecule has 2 aromatic carbocycles. The zero-order valence-corrected chi connectivity index (χ0v) is 18.9. The predicted octanol–water partition coefficient (Wildman–Crippen LogP) is 6.75. The molecule has 2 aromatic rings. The molecule has 0 bridgehead atoms. The van der Waals surface area contributed by atoms with Gasteiger partial charge in [0.15, 0.2) is 0 Å². The molecule has 0 saturated carbocycles. The second-order valence-electron chi connectivity index (χ2n) is 8.22. The van der Waals surface area contributed by atoms with Crippen molar-refractivity contribution in [1.82, 2.24) is 0 Å². The number of unbranched alkanes of at least 4 members (excludes halogenated alkanes) is 2. The zero-order valence-electron chi connectivity index (χ0n) is 18.9. The molecule has 2 rings (SSSR count). The van der Waals surface area contributed by atoms with Gasteiger partial charge in [0.25, 0.3) is 0 Å². The highest BCUT2D eigenvalue weighted by atomic mass is 16.3. The van der Waals surface area contributed by atoms with Gasteiger partial charge in [-0.3, -0.25) is 0 Å². The molecular weight excluding hydrogens is 354 g/mol. The smallest absolute Gasteiger partial charge is 0.0436 e. The minimum absolute atomic E-state index is 0.268.